The van der Waals surface area contributed by atoms with Crippen molar-refractivity contribution in [3.05, 3.63) is 90.1 Å². The summed E-state index contributed by atoms with van der Waals surface area (Å²) in [5.74, 6) is -0.0805. The van der Waals surface area contributed by atoms with Crippen LogP contribution in [0.5, 0.6) is 0 Å². The Morgan fingerprint density at radius 3 is 2.40 bits per heavy atom. The number of benzene rings is 2. The van der Waals surface area contributed by atoms with Gasteiger partial charge in [0.1, 0.15) is 11.6 Å². The van der Waals surface area contributed by atoms with Gasteiger partial charge in [0.15, 0.2) is 0 Å². The molecular formula is C20H19FN2O2. The first kappa shape index (κ1) is 16.9. The van der Waals surface area contributed by atoms with Gasteiger partial charge in [-0.25, -0.2) is 4.39 Å². The minimum absolute atomic E-state index is 0.162. The second-order valence-corrected chi connectivity index (χ2v) is 5.72. The zero-order valence-electron chi connectivity index (χ0n) is 13.8. The van der Waals surface area contributed by atoms with Crippen molar-refractivity contribution in [3.8, 4) is 0 Å². The second kappa shape index (κ2) is 7.77. The molecule has 0 aliphatic heterocycles. The average molecular weight is 338 g/mol. The average Bonchev–Trinajstić information content (AvgIpc) is 3.16. The van der Waals surface area contributed by atoms with E-state index in [2.05, 4.69) is 10.6 Å². The van der Waals surface area contributed by atoms with Gasteiger partial charge in [-0.15, -0.1) is 0 Å². The minimum atomic E-state index is -0.560. The highest BCUT2D eigenvalue weighted by molar-refractivity contribution is 5.94. The Hall–Kier alpha value is -2.92. The van der Waals surface area contributed by atoms with Gasteiger partial charge in [-0.3, -0.25) is 10.1 Å². The highest BCUT2D eigenvalue weighted by Gasteiger charge is 2.23. The fourth-order valence-electron chi connectivity index (χ4n) is 2.57. The van der Waals surface area contributed by atoms with Crippen LogP contribution >= 0.6 is 0 Å². The van der Waals surface area contributed by atoms with Crippen LogP contribution in [-0.4, -0.2) is 11.9 Å². The van der Waals surface area contributed by atoms with Gasteiger partial charge in [-0.2, -0.15) is 0 Å². The molecule has 0 spiro atoms. The maximum atomic E-state index is 13.7. The molecule has 0 fully saturated rings. The molecule has 5 heteroatoms. The van der Waals surface area contributed by atoms with Crippen LogP contribution in [0, 0.1) is 5.82 Å². The van der Waals surface area contributed by atoms with E-state index >= 15 is 0 Å². The Morgan fingerprint density at radius 1 is 1.00 bits per heavy atom. The number of nitrogens with one attached hydrogen (secondary N) is 2. The van der Waals surface area contributed by atoms with Crippen LogP contribution in [0.3, 0.4) is 0 Å². The van der Waals surface area contributed by atoms with Gasteiger partial charge in [-0.05, 0) is 36.8 Å². The maximum Gasteiger partial charge on any atom is 0.241 e. The van der Waals surface area contributed by atoms with E-state index in [1.54, 1.807) is 31.4 Å². The van der Waals surface area contributed by atoms with Crippen molar-refractivity contribution in [2.75, 3.05) is 5.32 Å². The number of hydrogen-bond acceptors (Lipinski definition) is 3. The summed E-state index contributed by atoms with van der Waals surface area (Å²) in [6.07, 6.45) is 1.59. The Bertz CT molecular complexity index is 819. The molecule has 3 aromatic rings. The Balaban J connectivity index is 1.75. The van der Waals surface area contributed by atoms with Gasteiger partial charge < -0.3 is 9.73 Å². The largest absolute Gasteiger partial charge is 0.467 e. The van der Waals surface area contributed by atoms with E-state index < -0.39 is 11.9 Å². The van der Waals surface area contributed by atoms with Gasteiger partial charge in [-0.1, -0.05) is 42.5 Å². The number of amides is 1. The molecule has 0 bridgehead atoms. The van der Waals surface area contributed by atoms with Crippen LogP contribution in [0.15, 0.2) is 77.4 Å². The number of rotatable bonds is 6. The van der Waals surface area contributed by atoms with E-state index in [9.17, 15) is 9.18 Å². The van der Waals surface area contributed by atoms with Crippen LogP contribution in [0.25, 0.3) is 0 Å². The summed E-state index contributed by atoms with van der Waals surface area (Å²) < 4.78 is 19.2. The molecule has 1 aromatic heterocycles. The van der Waals surface area contributed by atoms with Crippen molar-refractivity contribution in [3.63, 3.8) is 0 Å². The number of carbonyl (C=O) groups excluding carboxylic acids is 1. The Kier molecular flexibility index (Phi) is 5.26. The van der Waals surface area contributed by atoms with Crippen LogP contribution in [0.2, 0.25) is 0 Å². The van der Waals surface area contributed by atoms with E-state index in [1.807, 2.05) is 36.4 Å². The molecule has 1 amide bonds. The Morgan fingerprint density at radius 2 is 1.72 bits per heavy atom. The third kappa shape index (κ3) is 4.14. The molecule has 0 aliphatic carbocycles. The van der Waals surface area contributed by atoms with Gasteiger partial charge >= 0.3 is 0 Å². The summed E-state index contributed by atoms with van der Waals surface area (Å²) in [5.41, 5.74) is 1.14. The fraction of sp³-hybridized carbons (Fsp3) is 0.150. The molecule has 0 unspecified atom stereocenters. The zero-order valence-corrected chi connectivity index (χ0v) is 13.8. The fourth-order valence-corrected chi connectivity index (χ4v) is 2.57. The summed E-state index contributed by atoms with van der Waals surface area (Å²) in [6, 6.07) is 18.6. The lowest BCUT2D eigenvalue weighted by Crippen LogP contribution is -2.40. The third-order valence-corrected chi connectivity index (χ3v) is 3.90. The number of para-hydroxylation sites is 1. The van der Waals surface area contributed by atoms with Crippen LogP contribution in [0.4, 0.5) is 10.1 Å². The van der Waals surface area contributed by atoms with Crippen LogP contribution in [-0.2, 0) is 4.79 Å². The molecule has 3 rings (SSSR count). The van der Waals surface area contributed by atoms with Crippen molar-refractivity contribution >= 4 is 11.6 Å². The molecule has 2 aromatic carbocycles. The molecule has 4 nitrogen and oxygen atoms in total. The summed E-state index contributed by atoms with van der Waals surface area (Å²) >= 11 is 0. The first-order chi connectivity index (χ1) is 12.1. The van der Waals surface area contributed by atoms with Crippen molar-refractivity contribution in [1.29, 1.82) is 0 Å². The van der Waals surface area contributed by atoms with E-state index in [-0.39, 0.29) is 17.6 Å². The summed E-state index contributed by atoms with van der Waals surface area (Å²) in [7, 11) is 0. The molecule has 128 valence electrons. The van der Waals surface area contributed by atoms with Crippen LogP contribution < -0.4 is 10.6 Å². The minimum Gasteiger partial charge on any atom is -0.467 e. The predicted octanol–water partition coefficient (Wildman–Crippen LogP) is 4.12. The first-order valence-corrected chi connectivity index (χ1v) is 8.05. The molecule has 2 atom stereocenters. The van der Waals surface area contributed by atoms with Gasteiger partial charge in [0.05, 0.1) is 24.0 Å². The summed E-state index contributed by atoms with van der Waals surface area (Å²) in [5, 5.41) is 5.85. The number of halogens is 1. The highest BCUT2D eigenvalue weighted by atomic mass is 19.1. The van der Waals surface area contributed by atoms with Crippen molar-refractivity contribution in [2.45, 2.75) is 19.0 Å². The van der Waals surface area contributed by atoms with Gasteiger partial charge in [0.2, 0.25) is 5.91 Å². The lowest BCUT2D eigenvalue weighted by molar-refractivity contribution is -0.117. The van der Waals surface area contributed by atoms with Gasteiger partial charge in [0.25, 0.3) is 0 Å². The Labute approximate surface area is 145 Å². The quantitative estimate of drug-likeness (QED) is 0.711. The lowest BCUT2D eigenvalue weighted by Gasteiger charge is -2.22. The SMILES string of the molecule is C[C@H](N[C@H](c1ccccc1)c1ccco1)C(=O)Nc1ccccc1F. The number of furan rings is 1. The predicted molar refractivity (Wildman–Crippen MR) is 94.6 cm³/mol. The molecule has 0 saturated heterocycles. The van der Waals surface area contributed by atoms with Crippen molar-refractivity contribution in [1.82, 2.24) is 5.32 Å². The summed E-state index contributed by atoms with van der Waals surface area (Å²) in [6.45, 7) is 1.73. The van der Waals surface area contributed by atoms with Gasteiger partial charge in [0, 0.05) is 0 Å². The van der Waals surface area contributed by atoms with Crippen LogP contribution in [0.1, 0.15) is 24.3 Å². The highest BCUT2D eigenvalue weighted by Crippen LogP contribution is 2.23. The molecular weight excluding hydrogens is 319 g/mol. The summed E-state index contributed by atoms with van der Waals surface area (Å²) in [4.78, 5) is 12.4. The monoisotopic (exact) mass is 338 g/mol. The molecule has 2 N–H and O–H groups in total. The third-order valence-electron chi connectivity index (χ3n) is 3.90. The first-order valence-electron chi connectivity index (χ1n) is 8.05. The zero-order chi connectivity index (χ0) is 17.6. The molecule has 0 radical (unpaired) electrons. The second-order valence-electron chi connectivity index (χ2n) is 5.72. The van der Waals surface area contributed by atoms with E-state index in [0.29, 0.717) is 5.76 Å². The topological polar surface area (TPSA) is 54.3 Å². The normalized spacial score (nSPS) is 13.2. The smallest absolute Gasteiger partial charge is 0.241 e. The molecule has 1 heterocycles. The number of hydrogen-bond donors (Lipinski definition) is 2. The lowest BCUT2D eigenvalue weighted by atomic mass is 10.0. The van der Waals surface area contributed by atoms with E-state index in [4.69, 9.17) is 4.42 Å². The molecule has 0 saturated carbocycles. The maximum absolute atomic E-state index is 13.7. The number of carbonyl (C=O) groups is 1. The van der Waals surface area contributed by atoms with E-state index in [0.717, 1.165) is 5.56 Å². The van der Waals surface area contributed by atoms with Crippen molar-refractivity contribution in [2.24, 2.45) is 0 Å². The van der Waals surface area contributed by atoms with Crippen molar-refractivity contribution < 1.29 is 13.6 Å². The molecule has 0 aliphatic rings. The van der Waals surface area contributed by atoms with E-state index in [1.165, 1.54) is 12.1 Å². The number of anilines is 1. The standard InChI is InChI=1S/C20H19FN2O2/c1-14(20(24)23-17-11-6-5-10-16(17)21)22-19(18-12-7-13-25-18)15-8-3-2-4-9-15/h2-14,19,22H,1H3,(H,23,24)/t14-,19+/m0/s1. The molecule has 25 heavy (non-hydrogen) atoms.